The Hall–Kier alpha value is -1.31. The lowest BCUT2D eigenvalue weighted by molar-refractivity contribution is -0.142. The van der Waals surface area contributed by atoms with E-state index in [0.717, 1.165) is 18.4 Å². The molecule has 0 aliphatic carbocycles. The maximum absolute atomic E-state index is 11.2. The molecule has 0 saturated heterocycles. The summed E-state index contributed by atoms with van der Waals surface area (Å²) in [5, 5.41) is 0. The normalized spacial score (nSPS) is 11.7. The molecule has 0 rings (SSSR count). The van der Waals surface area contributed by atoms with Crippen molar-refractivity contribution in [3.8, 4) is 0 Å². The largest absolute Gasteiger partial charge is 0.461 e. The predicted octanol–water partition coefficient (Wildman–Crippen LogP) is 3.41. The number of unbranched alkanes of at least 4 members (excludes halogenated alkanes) is 1. The van der Waals surface area contributed by atoms with E-state index in [9.17, 15) is 4.79 Å². The van der Waals surface area contributed by atoms with Crippen molar-refractivity contribution >= 4 is 5.97 Å². The van der Waals surface area contributed by atoms with E-state index in [2.05, 4.69) is 6.58 Å². The fraction of sp³-hybridized carbons (Fsp3) is 0.462. The lowest BCUT2D eigenvalue weighted by Gasteiger charge is -2.04. The highest BCUT2D eigenvalue weighted by molar-refractivity contribution is 5.69. The van der Waals surface area contributed by atoms with Crippen LogP contribution in [0.2, 0.25) is 0 Å². The first-order chi connectivity index (χ1) is 7.24. The Morgan fingerprint density at radius 1 is 1.47 bits per heavy atom. The Labute approximate surface area is 92.3 Å². The van der Waals surface area contributed by atoms with Gasteiger partial charge in [-0.2, -0.15) is 0 Å². The van der Waals surface area contributed by atoms with Crippen LogP contribution in [-0.2, 0) is 9.53 Å². The summed E-state index contributed by atoms with van der Waals surface area (Å²) >= 11 is 0. The first-order valence-electron chi connectivity index (χ1n) is 5.34. The molecule has 0 radical (unpaired) electrons. The van der Waals surface area contributed by atoms with Crippen molar-refractivity contribution in [3.05, 3.63) is 36.5 Å². The molecule has 2 heteroatoms. The van der Waals surface area contributed by atoms with E-state index in [1.54, 1.807) is 6.08 Å². The first-order valence-corrected chi connectivity index (χ1v) is 5.34. The molecule has 84 valence electrons. The van der Waals surface area contributed by atoms with Gasteiger partial charge in [-0.05, 0) is 18.9 Å². The van der Waals surface area contributed by atoms with E-state index < -0.39 is 0 Å². The molecule has 0 aromatic heterocycles. The van der Waals surface area contributed by atoms with Crippen LogP contribution in [0.1, 0.15) is 33.1 Å². The molecule has 0 aliphatic rings. The van der Waals surface area contributed by atoms with Crippen LogP contribution in [0.4, 0.5) is 0 Å². The Morgan fingerprint density at radius 3 is 2.73 bits per heavy atom. The van der Waals surface area contributed by atoms with Gasteiger partial charge in [0.2, 0.25) is 0 Å². The molecular weight excluding hydrogens is 188 g/mol. The molecule has 0 amide bonds. The average Bonchev–Trinajstić information content (AvgIpc) is 2.26. The van der Waals surface area contributed by atoms with Gasteiger partial charge >= 0.3 is 5.97 Å². The molecular formula is C13H20O2. The first kappa shape index (κ1) is 13.7. The van der Waals surface area contributed by atoms with Gasteiger partial charge < -0.3 is 4.74 Å². The summed E-state index contributed by atoms with van der Waals surface area (Å²) in [7, 11) is 0. The maximum Gasteiger partial charge on any atom is 0.306 e. The standard InChI is InChI=1S/C13H20O2/c1-4-7-9-12(6-3)11-15-13(14)10-8-5-2/h4,6-7,9H,3,5,8,10-11H2,1-2H3/b7-4-,12-9+. The molecule has 0 N–H and O–H groups in total. The smallest absolute Gasteiger partial charge is 0.306 e. The van der Waals surface area contributed by atoms with E-state index in [-0.39, 0.29) is 5.97 Å². The van der Waals surface area contributed by atoms with E-state index in [1.807, 2.05) is 32.1 Å². The lowest BCUT2D eigenvalue weighted by atomic mass is 10.2. The van der Waals surface area contributed by atoms with Gasteiger partial charge in [-0.15, -0.1) is 0 Å². The highest BCUT2D eigenvalue weighted by Crippen LogP contribution is 2.01. The minimum absolute atomic E-state index is 0.134. The highest BCUT2D eigenvalue weighted by atomic mass is 16.5. The summed E-state index contributed by atoms with van der Waals surface area (Å²) in [4.78, 5) is 11.2. The number of rotatable bonds is 7. The third-order valence-corrected chi connectivity index (χ3v) is 1.90. The molecule has 0 aliphatic heterocycles. The van der Waals surface area contributed by atoms with Crippen LogP contribution in [0.25, 0.3) is 0 Å². The third kappa shape index (κ3) is 7.74. The van der Waals surface area contributed by atoms with Gasteiger partial charge in [-0.3, -0.25) is 4.79 Å². The average molecular weight is 208 g/mol. The molecule has 0 spiro atoms. The number of esters is 1. The van der Waals surface area contributed by atoms with E-state index in [0.29, 0.717) is 13.0 Å². The molecule has 0 atom stereocenters. The summed E-state index contributed by atoms with van der Waals surface area (Å²) in [5.41, 5.74) is 0.915. The van der Waals surface area contributed by atoms with Crippen molar-refractivity contribution in [1.82, 2.24) is 0 Å². The van der Waals surface area contributed by atoms with E-state index in [4.69, 9.17) is 4.74 Å². The zero-order chi connectivity index (χ0) is 11.5. The second kappa shape index (κ2) is 9.25. The fourth-order valence-electron chi connectivity index (χ4n) is 0.952. The van der Waals surface area contributed by atoms with Gasteiger partial charge in [-0.1, -0.05) is 44.2 Å². The Morgan fingerprint density at radius 2 is 2.20 bits per heavy atom. The molecule has 0 heterocycles. The van der Waals surface area contributed by atoms with Crippen LogP contribution in [0, 0.1) is 0 Å². The van der Waals surface area contributed by atoms with Gasteiger partial charge in [0, 0.05) is 6.42 Å². The summed E-state index contributed by atoms with van der Waals surface area (Å²) in [5.74, 6) is -0.134. The molecule has 0 aromatic carbocycles. The van der Waals surface area contributed by atoms with Crippen LogP contribution in [-0.4, -0.2) is 12.6 Å². The van der Waals surface area contributed by atoms with Crippen molar-refractivity contribution in [2.24, 2.45) is 0 Å². The van der Waals surface area contributed by atoms with Gasteiger partial charge in [0.1, 0.15) is 6.61 Å². The molecule has 0 fully saturated rings. The van der Waals surface area contributed by atoms with E-state index >= 15 is 0 Å². The minimum atomic E-state index is -0.134. The molecule has 0 saturated carbocycles. The Bertz CT molecular complexity index is 249. The third-order valence-electron chi connectivity index (χ3n) is 1.90. The summed E-state index contributed by atoms with van der Waals surface area (Å²) in [6, 6.07) is 0. The molecule has 0 aromatic rings. The quantitative estimate of drug-likeness (QED) is 0.473. The van der Waals surface area contributed by atoms with Gasteiger partial charge in [0.05, 0.1) is 0 Å². The number of carbonyl (C=O) groups excluding carboxylic acids is 1. The van der Waals surface area contributed by atoms with Crippen LogP contribution in [0.3, 0.4) is 0 Å². The predicted molar refractivity (Wildman–Crippen MR) is 63.6 cm³/mol. The summed E-state index contributed by atoms with van der Waals surface area (Å²) in [6.07, 6.45) is 9.82. The number of allylic oxidation sites excluding steroid dienone is 3. The lowest BCUT2D eigenvalue weighted by Crippen LogP contribution is -2.06. The number of hydrogen-bond acceptors (Lipinski definition) is 2. The number of carbonyl (C=O) groups is 1. The second-order valence-electron chi connectivity index (χ2n) is 3.24. The summed E-state index contributed by atoms with van der Waals surface area (Å²) in [6.45, 7) is 7.96. The van der Waals surface area contributed by atoms with Gasteiger partial charge in [0.25, 0.3) is 0 Å². The van der Waals surface area contributed by atoms with Crippen molar-refractivity contribution < 1.29 is 9.53 Å². The SMILES string of the molecule is C=C/C(=C\C=C/C)COC(=O)CCCC. The fourth-order valence-corrected chi connectivity index (χ4v) is 0.952. The zero-order valence-corrected chi connectivity index (χ0v) is 9.66. The van der Waals surface area contributed by atoms with Crippen molar-refractivity contribution in [3.63, 3.8) is 0 Å². The van der Waals surface area contributed by atoms with Crippen LogP contribution < -0.4 is 0 Å². The Balaban J connectivity index is 3.90. The summed E-state index contributed by atoms with van der Waals surface area (Å²) < 4.78 is 5.08. The maximum atomic E-state index is 11.2. The molecule has 15 heavy (non-hydrogen) atoms. The van der Waals surface area contributed by atoms with Crippen molar-refractivity contribution in [1.29, 1.82) is 0 Å². The van der Waals surface area contributed by atoms with Crippen molar-refractivity contribution in [2.45, 2.75) is 33.1 Å². The monoisotopic (exact) mass is 208 g/mol. The Kier molecular flexibility index (Phi) is 8.44. The molecule has 0 bridgehead atoms. The van der Waals surface area contributed by atoms with Crippen molar-refractivity contribution in [2.75, 3.05) is 6.61 Å². The van der Waals surface area contributed by atoms with E-state index in [1.165, 1.54) is 0 Å². The van der Waals surface area contributed by atoms with Crippen LogP contribution in [0.5, 0.6) is 0 Å². The van der Waals surface area contributed by atoms with Crippen LogP contribution >= 0.6 is 0 Å². The molecule has 0 unspecified atom stereocenters. The number of ether oxygens (including phenoxy) is 1. The van der Waals surface area contributed by atoms with Gasteiger partial charge in [0.15, 0.2) is 0 Å². The minimum Gasteiger partial charge on any atom is -0.461 e. The molecule has 2 nitrogen and oxygen atoms in total. The second-order valence-corrected chi connectivity index (χ2v) is 3.24. The topological polar surface area (TPSA) is 26.3 Å². The van der Waals surface area contributed by atoms with Crippen LogP contribution in [0.15, 0.2) is 36.5 Å². The zero-order valence-electron chi connectivity index (χ0n) is 9.66. The number of hydrogen-bond donors (Lipinski definition) is 0. The highest BCUT2D eigenvalue weighted by Gasteiger charge is 2.01. The van der Waals surface area contributed by atoms with Gasteiger partial charge in [-0.25, -0.2) is 0 Å².